The van der Waals surface area contributed by atoms with E-state index in [2.05, 4.69) is 15.3 Å². The van der Waals surface area contributed by atoms with E-state index < -0.39 is 11.5 Å². The van der Waals surface area contributed by atoms with Crippen LogP contribution in [0.15, 0.2) is 48.7 Å². The maximum absolute atomic E-state index is 13.9. The van der Waals surface area contributed by atoms with Crippen molar-refractivity contribution >= 4 is 34.5 Å². The Balaban J connectivity index is 1.12. The number of nitrogens with one attached hydrogen (secondary N) is 2. The van der Waals surface area contributed by atoms with Crippen LogP contribution in [0.2, 0.25) is 0 Å². The summed E-state index contributed by atoms with van der Waals surface area (Å²) in [6, 6.07) is 11.8. The predicted molar refractivity (Wildman–Crippen MR) is 158 cm³/mol. The summed E-state index contributed by atoms with van der Waals surface area (Å²) < 4.78 is 0. The second-order valence-corrected chi connectivity index (χ2v) is 12.7. The van der Waals surface area contributed by atoms with E-state index in [1.165, 1.54) is 6.20 Å². The molecule has 0 radical (unpaired) electrons. The minimum Gasteiger partial charge on any atom is -0.351 e. The normalized spacial score (nSPS) is 21.1. The Morgan fingerprint density at radius 3 is 2.38 bits per heavy atom. The maximum atomic E-state index is 13.9. The number of H-pyrrole nitrogens is 1. The first-order valence-corrected chi connectivity index (χ1v) is 14.9. The van der Waals surface area contributed by atoms with Crippen LogP contribution in [0.4, 0.5) is 0 Å². The third-order valence-electron chi connectivity index (χ3n) is 8.86. The highest BCUT2D eigenvalue weighted by Gasteiger charge is 2.51. The van der Waals surface area contributed by atoms with Gasteiger partial charge in [0.15, 0.2) is 0 Å². The molecule has 5 heterocycles. The number of aromatic amines is 1. The van der Waals surface area contributed by atoms with Gasteiger partial charge in [-0.25, -0.2) is 0 Å². The van der Waals surface area contributed by atoms with E-state index in [9.17, 15) is 19.2 Å². The van der Waals surface area contributed by atoms with Gasteiger partial charge in [-0.05, 0) is 55.4 Å². The van der Waals surface area contributed by atoms with Gasteiger partial charge >= 0.3 is 0 Å². The van der Waals surface area contributed by atoms with Crippen LogP contribution < -0.4 is 5.32 Å². The molecule has 3 aliphatic heterocycles. The van der Waals surface area contributed by atoms with Gasteiger partial charge in [0.2, 0.25) is 5.91 Å². The van der Waals surface area contributed by atoms with E-state index in [-0.39, 0.29) is 35.7 Å². The highest BCUT2D eigenvalue weighted by molar-refractivity contribution is 6.01. The molecule has 3 saturated heterocycles. The number of pyridine rings is 1. The van der Waals surface area contributed by atoms with Crippen molar-refractivity contribution in [1.29, 1.82) is 0 Å². The molecule has 4 amide bonds. The van der Waals surface area contributed by atoms with Crippen molar-refractivity contribution < 1.29 is 19.2 Å². The van der Waals surface area contributed by atoms with Crippen molar-refractivity contribution in [2.24, 2.45) is 5.41 Å². The first kappa shape index (κ1) is 27.9. The van der Waals surface area contributed by atoms with E-state index >= 15 is 0 Å². The number of likely N-dealkylation sites (tertiary alicyclic amines) is 3. The summed E-state index contributed by atoms with van der Waals surface area (Å²) in [7, 11) is 0. The molecule has 10 heteroatoms. The zero-order valence-electron chi connectivity index (χ0n) is 24.4. The molecule has 3 atom stereocenters. The van der Waals surface area contributed by atoms with Crippen LogP contribution in [0.3, 0.4) is 0 Å². The quantitative estimate of drug-likeness (QED) is 0.487. The lowest BCUT2D eigenvalue weighted by Crippen LogP contribution is -2.73. The van der Waals surface area contributed by atoms with Crippen molar-refractivity contribution in [2.45, 2.75) is 64.6 Å². The van der Waals surface area contributed by atoms with Gasteiger partial charge in [-0.2, -0.15) is 0 Å². The first-order chi connectivity index (χ1) is 20.1. The smallest absolute Gasteiger partial charge is 0.272 e. The van der Waals surface area contributed by atoms with Gasteiger partial charge < -0.3 is 25.0 Å². The number of hydrogen-bond donors (Lipinski definition) is 2. The second kappa shape index (κ2) is 10.9. The zero-order valence-corrected chi connectivity index (χ0v) is 24.4. The number of para-hydroxylation sites is 1. The van der Waals surface area contributed by atoms with Crippen molar-refractivity contribution in [1.82, 2.24) is 30.0 Å². The van der Waals surface area contributed by atoms with Crippen molar-refractivity contribution in [3.8, 4) is 0 Å². The Kier molecular flexibility index (Phi) is 7.24. The summed E-state index contributed by atoms with van der Waals surface area (Å²) >= 11 is 0. The van der Waals surface area contributed by atoms with Crippen LogP contribution in [0.25, 0.3) is 10.9 Å². The SMILES string of the molecule is CC(C)(C)[C@H](NC(=O)c1cc2ccccc2[nH]1)C(=O)N1CC2C1CCCN2C(=O)c1ccc(C(=O)N2CCCC2)cn1. The number of amides is 4. The number of carbonyl (C=O) groups excluding carboxylic acids is 4. The fourth-order valence-corrected chi connectivity index (χ4v) is 6.44. The van der Waals surface area contributed by atoms with E-state index in [4.69, 9.17) is 0 Å². The molecular weight excluding hydrogens is 532 g/mol. The molecule has 0 bridgehead atoms. The number of carbonyl (C=O) groups is 4. The number of rotatable bonds is 5. The molecule has 1 aromatic carbocycles. The Bertz CT molecular complexity index is 1480. The molecule has 0 spiro atoms. The minimum atomic E-state index is -0.731. The fourth-order valence-electron chi connectivity index (χ4n) is 6.44. The third kappa shape index (κ3) is 5.14. The molecule has 3 aromatic rings. The maximum Gasteiger partial charge on any atom is 0.272 e. The lowest BCUT2D eigenvalue weighted by Gasteiger charge is -2.56. The van der Waals surface area contributed by atoms with Gasteiger partial charge in [-0.3, -0.25) is 24.2 Å². The van der Waals surface area contributed by atoms with Crippen LogP contribution >= 0.6 is 0 Å². The number of piperidine rings is 1. The molecule has 10 nitrogen and oxygen atoms in total. The Morgan fingerprint density at radius 2 is 1.69 bits per heavy atom. The van der Waals surface area contributed by atoms with Gasteiger partial charge in [0.25, 0.3) is 17.7 Å². The molecule has 3 aliphatic rings. The van der Waals surface area contributed by atoms with E-state index in [0.717, 1.165) is 49.7 Å². The van der Waals surface area contributed by atoms with Crippen LogP contribution in [0.1, 0.15) is 77.8 Å². The summed E-state index contributed by atoms with van der Waals surface area (Å²) in [5, 5.41) is 3.92. The standard InChI is InChI=1S/C32H38N6O4/c1-32(2,3)27(35-28(39)24-17-20-9-4-5-10-22(20)34-24)31(42)38-19-26-25(38)11-8-16-37(26)30(41)23-13-12-21(18-33-23)29(40)36-14-6-7-15-36/h4-5,9-10,12-13,17-18,25-27,34H,6-8,11,14-16,19H2,1-3H3,(H,35,39)/t25?,26?,27-/m1/s1. The monoisotopic (exact) mass is 570 g/mol. The van der Waals surface area contributed by atoms with Gasteiger partial charge in [-0.1, -0.05) is 39.0 Å². The number of nitrogens with zero attached hydrogens (tertiary/aromatic N) is 4. The second-order valence-electron chi connectivity index (χ2n) is 12.7. The molecule has 0 aliphatic carbocycles. The highest BCUT2D eigenvalue weighted by Crippen LogP contribution is 2.35. The molecule has 3 fully saturated rings. The molecule has 6 rings (SSSR count). The van der Waals surface area contributed by atoms with E-state index in [0.29, 0.717) is 30.0 Å². The van der Waals surface area contributed by atoms with Crippen LogP contribution in [0.5, 0.6) is 0 Å². The Labute approximate surface area is 245 Å². The van der Waals surface area contributed by atoms with Crippen LogP contribution in [-0.2, 0) is 4.79 Å². The van der Waals surface area contributed by atoms with Gasteiger partial charge in [-0.15, -0.1) is 0 Å². The molecule has 220 valence electrons. The van der Waals surface area contributed by atoms with Gasteiger partial charge in [0.1, 0.15) is 17.4 Å². The summed E-state index contributed by atoms with van der Waals surface area (Å²) in [6.45, 7) is 8.35. The van der Waals surface area contributed by atoms with E-state index in [1.54, 1.807) is 18.2 Å². The lowest BCUT2D eigenvalue weighted by molar-refractivity contribution is -0.152. The molecule has 0 saturated carbocycles. The number of aromatic nitrogens is 2. The average molecular weight is 571 g/mol. The average Bonchev–Trinajstić information content (AvgIpc) is 3.65. The summed E-state index contributed by atoms with van der Waals surface area (Å²) in [4.78, 5) is 66.2. The number of benzene rings is 1. The number of hydrogen-bond acceptors (Lipinski definition) is 5. The van der Waals surface area contributed by atoms with Crippen LogP contribution in [-0.4, -0.2) is 92.6 Å². The van der Waals surface area contributed by atoms with Gasteiger partial charge in [0.05, 0.1) is 17.6 Å². The van der Waals surface area contributed by atoms with E-state index in [1.807, 2.05) is 59.7 Å². The largest absolute Gasteiger partial charge is 0.351 e. The Hall–Kier alpha value is -4.21. The zero-order chi connectivity index (χ0) is 29.6. The lowest BCUT2D eigenvalue weighted by atomic mass is 9.81. The predicted octanol–water partition coefficient (Wildman–Crippen LogP) is 3.46. The molecule has 2 unspecified atom stereocenters. The molecule has 2 aromatic heterocycles. The van der Waals surface area contributed by atoms with Crippen LogP contribution in [0, 0.1) is 5.41 Å². The summed E-state index contributed by atoms with van der Waals surface area (Å²) in [6.07, 6.45) is 5.09. The van der Waals surface area contributed by atoms with Crippen molar-refractivity contribution in [2.75, 3.05) is 26.2 Å². The molecule has 42 heavy (non-hydrogen) atoms. The molecule has 2 N–H and O–H groups in total. The summed E-state index contributed by atoms with van der Waals surface area (Å²) in [5.41, 5.74) is 1.55. The van der Waals surface area contributed by atoms with Crippen molar-refractivity contribution in [3.63, 3.8) is 0 Å². The molecular formula is C32H38N6O4. The first-order valence-electron chi connectivity index (χ1n) is 14.9. The topological polar surface area (TPSA) is 119 Å². The third-order valence-corrected chi connectivity index (χ3v) is 8.86. The fraction of sp³-hybridized carbons (Fsp3) is 0.469. The minimum absolute atomic E-state index is 0.0461. The van der Waals surface area contributed by atoms with Crippen molar-refractivity contribution in [3.05, 3.63) is 65.6 Å². The Morgan fingerprint density at radius 1 is 0.929 bits per heavy atom. The van der Waals surface area contributed by atoms with Gasteiger partial charge in [0, 0.05) is 43.3 Å². The number of fused-ring (bicyclic) bond motifs is 2. The highest BCUT2D eigenvalue weighted by atomic mass is 16.2. The summed E-state index contributed by atoms with van der Waals surface area (Å²) in [5.74, 6) is -0.688.